The number of halogens is 2. The molecule has 0 spiro atoms. The van der Waals surface area contributed by atoms with E-state index in [0.717, 1.165) is 30.0 Å². The average Bonchev–Trinajstić information content (AvgIpc) is 1.67. The van der Waals surface area contributed by atoms with E-state index < -0.39 is 108 Å². The highest BCUT2D eigenvalue weighted by Crippen LogP contribution is 2.66. The van der Waals surface area contributed by atoms with Crippen molar-refractivity contribution < 1.29 is 82.1 Å². The summed E-state index contributed by atoms with van der Waals surface area (Å²) in [5.74, 6) is -5.39. The van der Waals surface area contributed by atoms with Gasteiger partial charge in [0.25, 0.3) is 0 Å². The van der Waals surface area contributed by atoms with E-state index in [0.29, 0.717) is 56.4 Å². The number of carbonyl (C=O) groups is 7. The number of ether oxygens (including phenoxy) is 3. The number of aromatic hydroxyl groups is 2. The molecule has 3 heterocycles. The molecule has 5 fully saturated rings. The van der Waals surface area contributed by atoms with Gasteiger partial charge in [0.15, 0.2) is 23.1 Å². The van der Waals surface area contributed by atoms with Gasteiger partial charge in [-0.1, -0.05) is 79.5 Å². The van der Waals surface area contributed by atoms with E-state index in [4.69, 9.17) is 57.1 Å². The summed E-state index contributed by atoms with van der Waals surface area (Å²) in [6.45, 7) is 16.1. The number of carboxylic acid groups (broad SMARTS) is 1. The zero-order valence-electron chi connectivity index (χ0n) is 49.2. The van der Waals surface area contributed by atoms with Crippen LogP contribution < -0.4 is 25.2 Å². The molecule has 7 N–H and O–H groups in total. The highest BCUT2D eigenvalue weighted by atomic mass is 35.5. The Morgan fingerprint density at radius 1 is 0.882 bits per heavy atom. The highest BCUT2D eigenvalue weighted by Gasteiger charge is 2.68. The van der Waals surface area contributed by atoms with Gasteiger partial charge in [-0.05, 0) is 125 Å². The van der Waals surface area contributed by atoms with Gasteiger partial charge in [0.05, 0.1) is 47.6 Å². The smallest absolute Gasteiger partial charge is 0.526 e. The van der Waals surface area contributed by atoms with E-state index >= 15 is 0 Å². The molecule has 4 aromatic carbocycles. The van der Waals surface area contributed by atoms with Gasteiger partial charge in [-0.15, -0.1) is 0 Å². The fourth-order valence-electron chi connectivity index (χ4n) is 12.5. The fourth-order valence-corrected chi connectivity index (χ4v) is 13.2. The van der Waals surface area contributed by atoms with Gasteiger partial charge in [-0.25, -0.2) is 14.4 Å². The number of amides is 4. The minimum absolute atomic E-state index is 0.0167. The number of phenols is 2. The third kappa shape index (κ3) is 12.8. The summed E-state index contributed by atoms with van der Waals surface area (Å²) in [4.78, 5) is 92.1. The minimum Gasteiger partial charge on any atom is -0.535 e. The summed E-state index contributed by atoms with van der Waals surface area (Å²) < 4.78 is 35.9. The molecule has 2 bridgehead atoms. The third-order valence-electron chi connectivity index (χ3n) is 17.3. The van der Waals surface area contributed by atoms with E-state index in [1.54, 1.807) is 38.3 Å². The molecule has 85 heavy (non-hydrogen) atoms. The van der Waals surface area contributed by atoms with Crippen molar-refractivity contribution in [1.82, 2.24) is 15.1 Å². The Morgan fingerprint density at radius 3 is 2.20 bits per heavy atom. The number of Topliss-reactive ketones (excluding diaryl/α,β-unsaturated/α-hetero) is 2. The van der Waals surface area contributed by atoms with Crippen LogP contribution in [0, 0.1) is 24.2 Å². The number of methoxy groups -OCH3 is 2. The first-order valence-corrected chi connectivity index (χ1v) is 28.9. The number of aryl methyl sites for hydroxylation is 1. The molecular weight excluding hydrogens is 1140 g/mol. The molecule has 0 radical (unpaired) electrons. The zero-order valence-corrected chi connectivity index (χ0v) is 50.7. The van der Waals surface area contributed by atoms with Gasteiger partial charge in [-0.3, -0.25) is 24.1 Å². The van der Waals surface area contributed by atoms with Crippen molar-refractivity contribution in [2.75, 3.05) is 33.9 Å². The lowest BCUT2D eigenvalue weighted by Crippen LogP contribution is -2.65. The number of nitrogens with one attached hydrogen (secondary N) is 1. The second-order valence-corrected chi connectivity index (χ2v) is 24.8. The average molecular weight is 1210 g/mol. The van der Waals surface area contributed by atoms with Gasteiger partial charge >= 0.3 is 44.0 Å². The molecule has 3 saturated carbocycles. The molecular formula is C60H72B2Cl2N4O17. The number of piperazine rings is 1. The number of urea groups is 1. The van der Waals surface area contributed by atoms with Crippen LogP contribution in [0.25, 0.3) is 0 Å². The number of nitrogens with two attached hydrogens (primary N) is 1. The second-order valence-electron chi connectivity index (χ2n) is 24.1. The Bertz CT molecular complexity index is 3310. The third-order valence-corrected chi connectivity index (χ3v) is 18.1. The number of nitrogens with zero attached hydrogens (tertiary/aromatic N) is 2. The molecule has 4 amide bonds. The number of benzene rings is 4. The van der Waals surface area contributed by atoms with Crippen LogP contribution in [0.2, 0.25) is 21.7 Å². The van der Waals surface area contributed by atoms with Crippen LogP contribution in [0.1, 0.15) is 135 Å². The van der Waals surface area contributed by atoms with Crippen molar-refractivity contribution in [2.45, 2.75) is 135 Å². The molecule has 21 nitrogen and oxygen atoms in total. The SMILES string of the molecule is CCN1CCN(C(=O)NC(C(=O)C[C@H]2Cc3cccc(C(=O)O)c3OB2O)c2ccc(O)c(O)c2Cl)C(=O)C1=O.COc1c(C[C@H](CC(=O)C(N)c2ccc(C)c(OC)c2Cl)B2O[C@@H]3C[C@@H]4C[C@@H](C4(C)C)[C@]3(C)O2)cccc1C(=O)OC(C)(C)C. The minimum atomic E-state index is -1.57. The summed E-state index contributed by atoms with van der Waals surface area (Å²) >= 11 is 12.9. The molecule has 3 aliphatic heterocycles. The van der Waals surface area contributed by atoms with Gasteiger partial charge in [0, 0.05) is 49.7 Å². The van der Waals surface area contributed by atoms with Crippen LogP contribution in [0.3, 0.4) is 0 Å². The number of rotatable bonds is 17. The molecule has 25 heteroatoms. The van der Waals surface area contributed by atoms with Crippen LogP contribution >= 0.6 is 23.2 Å². The number of esters is 1. The first kappa shape index (κ1) is 64.1. The van der Waals surface area contributed by atoms with Crippen molar-refractivity contribution in [1.29, 1.82) is 0 Å². The molecule has 6 aliphatic rings. The standard InChI is InChI=1S/C35H47BClNO7.C25H25BClN3O10/c1-19-13-14-23(28(37)30(19)41-8)29(38)25(39)18-22(36-44-27-17-21-16-26(34(21,5)6)35(27,7)45-36)15-20-11-10-12-24(31(20)42-9)32(40)43-33(2,3)4;1-2-29-8-9-30(23(35)22(29)34)25(38)28-19(14-6-7-16(31)20(33)18(14)27)17(32)11-13-10-12-4-3-5-15(24(36)37)21(12)40-26(13)39/h10-14,21-22,26-27,29H,15-18,38H2,1-9H3;3-7,13,19,31,33,39H,2,8-11H2,1H3,(H,28,38)(H,36,37)/t21-,22+,26-,27+,29?,35-;13-,19?/m01/s1. The lowest BCUT2D eigenvalue weighted by atomic mass is 9.43. The summed E-state index contributed by atoms with van der Waals surface area (Å²) in [7, 11) is 0.853. The molecule has 10 rings (SSSR count). The van der Waals surface area contributed by atoms with Crippen molar-refractivity contribution in [3.63, 3.8) is 0 Å². The Kier molecular flexibility index (Phi) is 19.0. The monoisotopic (exact) mass is 1210 g/mol. The number of hydrogen-bond donors (Lipinski definition) is 6. The first-order valence-electron chi connectivity index (χ1n) is 28.1. The number of hydrogen-bond acceptors (Lipinski definition) is 17. The van der Waals surface area contributed by atoms with Gasteiger partial charge in [0.1, 0.15) is 34.5 Å². The van der Waals surface area contributed by atoms with Crippen LogP contribution in [0.4, 0.5) is 4.79 Å². The molecule has 2 unspecified atom stereocenters. The summed E-state index contributed by atoms with van der Waals surface area (Å²) in [5.41, 5.74) is 8.23. The summed E-state index contributed by atoms with van der Waals surface area (Å²) in [6.07, 6.45) is 2.06. The molecule has 454 valence electrons. The Morgan fingerprint density at radius 2 is 1.55 bits per heavy atom. The number of imide groups is 1. The predicted octanol–water partition coefficient (Wildman–Crippen LogP) is 8.26. The maximum atomic E-state index is 14.0. The second kappa shape index (κ2) is 25.2. The fraction of sp³-hybridized carbons (Fsp3) is 0.483. The van der Waals surface area contributed by atoms with Crippen LogP contribution in [-0.2, 0) is 46.1 Å². The number of aromatic carboxylic acids is 1. The van der Waals surface area contributed by atoms with E-state index in [1.165, 1.54) is 30.2 Å². The number of carbonyl (C=O) groups excluding carboxylic acids is 6. The van der Waals surface area contributed by atoms with E-state index in [1.807, 2.05) is 39.8 Å². The number of likely N-dealkylation sites (N-methyl/N-ethyl adjacent to an activating group) is 1. The maximum Gasteiger partial charge on any atom is 0.526 e. The lowest BCUT2D eigenvalue weighted by Gasteiger charge is -2.64. The number of para-hydroxylation sites is 2. The normalized spacial score (nSPS) is 22.3. The number of carboxylic acids is 1. The van der Waals surface area contributed by atoms with Crippen molar-refractivity contribution in [3.05, 3.63) is 110 Å². The van der Waals surface area contributed by atoms with E-state index in [-0.39, 0.29) is 66.7 Å². The maximum absolute atomic E-state index is 14.0. The van der Waals surface area contributed by atoms with Crippen molar-refractivity contribution in [3.8, 4) is 28.7 Å². The van der Waals surface area contributed by atoms with Crippen LogP contribution in [0.15, 0.2) is 60.7 Å². The Balaban J connectivity index is 0.000000223. The zero-order chi connectivity index (χ0) is 62.4. The molecule has 4 aromatic rings. The largest absolute Gasteiger partial charge is 0.535 e. The molecule has 3 aliphatic carbocycles. The quantitative estimate of drug-likeness (QED) is 0.0251. The Labute approximate surface area is 504 Å². The van der Waals surface area contributed by atoms with Crippen molar-refractivity contribution >= 4 is 78.8 Å². The van der Waals surface area contributed by atoms with Crippen molar-refractivity contribution in [2.24, 2.45) is 23.0 Å². The molecule has 0 aromatic heterocycles. The number of phenolic OH excluding ortho intramolecular Hbond substituents is 2. The number of fused-ring (bicyclic) bond motifs is 1. The summed E-state index contributed by atoms with van der Waals surface area (Å²) in [5, 5.41) is 42.2. The topological polar surface area (TPSA) is 300 Å². The van der Waals surface area contributed by atoms with Gasteiger partial charge < -0.3 is 64.5 Å². The van der Waals surface area contributed by atoms with E-state index in [9.17, 15) is 53.9 Å². The van der Waals surface area contributed by atoms with Crippen LogP contribution in [-0.4, -0.2) is 137 Å². The number of ketones is 2. The highest BCUT2D eigenvalue weighted by molar-refractivity contribution is 6.48. The van der Waals surface area contributed by atoms with Crippen LogP contribution in [0.5, 0.6) is 28.7 Å². The Hall–Kier alpha value is -6.88. The van der Waals surface area contributed by atoms with Gasteiger partial charge in [0.2, 0.25) is 0 Å². The summed E-state index contributed by atoms with van der Waals surface area (Å²) in [6, 6.07) is 12.1. The lowest BCUT2D eigenvalue weighted by molar-refractivity contribution is -0.199. The van der Waals surface area contributed by atoms with E-state index in [2.05, 4.69) is 26.1 Å². The molecule has 8 atom stereocenters. The predicted molar refractivity (Wildman–Crippen MR) is 314 cm³/mol. The van der Waals surface area contributed by atoms with Gasteiger partial charge in [-0.2, -0.15) is 0 Å². The first-order chi connectivity index (χ1) is 39.9. The molecule has 2 saturated heterocycles.